The van der Waals surface area contributed by atoms with Crippen molar-refractivity contribution in [2.45, 2.75) is 19.6 Å². The van der Waals surface area contributed by atoms with Gasteiger partial charge in [-0.3, -0.25) is 9.59 Å². The minimum absolute atomic E-state index is 0.00405. The van der Waals surface area contributed by atoms with Crippen LogP contribution in [0.5, 0.6) is 5.75 Å². The molecule has 2 aromatic carbocycles. The van der Waals surface area contributed by atoms with Crippen molar-refractivity contribution in [2.75, 3.05) is 11.1 Å². The second kappa shape index (κ2) is 9.52. The molecule has 0 unspecified atom stereocenters. The molecule has 0 saturated carbocycles. The predicted octanol–water partition coefficient (Wildman–Crippen LogP) is 4.11. The Kier molecular flexibility index (Phi) is 6.79. The van der Waals surface area contributed by atoms with Crippen LogP contribution in [-0.2, 0) is 11.5 Å². The maximum atomic E-state index is 13.3. The van der Waals surface area contributed by atoms with Gasteiger partial charge in [0.15, 0.2) is 0 Å². The van der Waals surface area contributed by atoms with E-state index >= 15 is 0 Å². The predicted molar refractivity (Wildman–Crippen MR) is 120 cm³/mol. The molecule has 10 heteroatoms. The number of nitrogens with two attached hydrogens (primary N) is 1. The summed E-state index contributed by atoms with van der Waals surface area (Å²) < 4.78 is 13.3. The third-order valence-electron chi connectivity index (χ3n) is 4.65. The van der Waals surface area contributed by atoms with Crippen LogP contribution in [0.25, 0.3) is 11.3 Å². The quantitative estimate of drug-likeness (QED) is 0.336. The van der Waals surface area contributed by atoms with E-state index in [1.807, 2.05) is 0 Å². The van der Waals surface area contributed by atoms with E-state index in [1.165, 1.54) is 31.2 Å². The second-order valence-electron chi connectivity index (χ2n) is 6.95. The van der Waals surface area contributed by atoms with Crippen molar-refractivity contribution in [3.63, 3.8) is 0 Å². The van der Waals surface area contributed by atoms with Gasteiger partial charge in [-0.05, 0) is 55.5 Å². The molecule has 6 N–H and O–H groups in total. The van der Waals surface area contributed by atoms with Gasteiger partial charge in [-0.1, -0.05) is 11.6 Å². The number of carboxylic acids is 1. The third kappa shape index (κ3) is 5.06. The van der Waals surface area contributed by atoms with Gasteiger partial charge in [0.2, 0.25) is 0 Å². The number of carbonyl (C=O) groups excluding carboxylic acids is 1. The van der Waals surface area contributed by atoms with Crippen LogP contribution < -0.4 is 16.4 Å². The first-order chi connectivity index (χ1) is 15.2. The normalized spacial score (nSPS) is 11.6. The number of rotatable bonds is 7. The highest BCUT2D eigenvalue weighted by Gasteiger charge is 2.19. The van der Waals surface area contributed by atoms with Crippen LogP contribution in [0.1, 0.15) is 22.8 Å². The molecule has 8 nitrogen and oxygen atoms in total. The summed E-state index contributed by atoms with van der Waals surface area (Å²) in [5, 5.41) is 25.0. The first-order valence-corrected chi connectivity index (χ1v) is 9.82. The van der Waals surface area contributed by atoms with Gasteiger partial charge < -0.3 is 26.6 Å². The largest absolute Gasteiger partial charge is 0.507 e. The minimum atomic E-state index is -1.19. The van der Waals surface area contributed by atoms with E-state index < -0.39 is 24.6 Å². The van der Waals surface area contributed by atoms with Crippen LogP contribution in [-0.4, -0.2) is 33.1 Å². The number of benzene rings is 2. The maximum Gasteiger partial charge on any atom is 0.325 e. The van der Waals surface area contributed by atoms with Gasteiger partial charge in [-0.25, -0.2) is 9.37 Å². The maximum absolute atomic E-state index is 13.3. The molecular formula is C22H20ClFN4O4. The molecule has 0 radical (unpaired) electrons. The number of amides is 1. The number of hydrogen-bond acceptors (Lipinski definition) is 6. The Hall–Kier alpha value is -3.85. The molecule has 0 aliphatic rings. The highest BCUT2D eigenvalue weighted by Crippen LogP contribution is 2.33. The molecule has 0 bridgehead atoms. The van der Waals surface area contributed by atoms with Gasteiger partial charge in [-0.2, -0.15) is 0 Å². The number of phenolic OH excluding ortho intramolecular Hbond substituents is 1. The molecular weight excluding hydrogens is 439 g/mol. The summed E-state index contributed by atoms with van der Waals surface area (Å²) >= 11 is 5.91. The fraction of sp³-hybridized carbons (Fsp3) is 0.136. The molecule has 166 valence electrons. The number of anilines is 3. The number of pyridine rings is 1. The number of carboxylic acid groups (broad SMARTS) is 1. The number of aromatic hydroxyl groups is 1. The van der Waals surface area contributed by atoms with E-state index in [9.17, 15) is 19.1 Å². The van der Waals surface area contributed by atoms with Crippen molar-refractivity contribution >= 4 is 40.7 Å². The smallest absolute Gasteiger partial charge is 0.325 e. The van der Waals surface area contributed by atoms with Crippen molar-refractivity contribution in [3.05, 3.63) is 64.7 Å². The van der Waals surface area contributed by atoms with E-state index in [-0.39, 0.29) is 22.8 Å². The zero-order valence-corrected chi connectivity index (χ0v) is 17.7. The van der Waals surface area contributed by atoms with Gasteiger partial charge in [0, 0.05) is 27.5 Å². The van der Waals surface area contributed by atoms with Gasteiger partial charge in [0.1, 0.15) is 24.3 Å². The number of phenols is 1. The van der Waals surface area contributed by atoms with Gasteiger partial charge >= 0.3 is 5.97 Å². The van der Waals surface area contributed by atoms with Crippen LogP contribution >= 0.6 is 11.6 Å². The zero-order chi connectivity index (χ0) is 23.4. The van der Waals surface area contributed by atoms with E-state index in [2.05, 4.69) is 15.6 Å². The molecule has 1 aromatic heterocycles. The average molecular weight is 459 g/mol. The number of aliphatic carboxylic acids is 1. The number of carbonyl (C=O) groups is 2. The standard InChI is InChI=1S/C22H20ClFN4O4/c1-11(22(31)32)26-21(30)15-4-6-18(28-20(15)25)16-9-14(3-7-19(16)29)27-17-5-2-13(23)8-12(17)10-24/h2-9,11,27,29H,10H2,1H3,(H2,25,28)(H,26,30)(H,31,32)/t11-/m1/s1. The Morgan fingerprint density at radius 2 is 1.94 bits per heavy atom. The highest BCUT2D eigenvalue weighted by molar-refractivity contribution is 6.30. The molecule has 0 aliphatic carbocycles. The van der Waals surface area contributed by atoms with Crippen molar-refractivity contribution in [2.24, 2.45) is 0 Å². The molecule has 0 fully saturated rings. The van der Waals surface area contributed by atoms with Crippen LogP contribution in [0.3, 0.4) is 0 Å². The van der Waals surface area contributed by atoms with Gasteiger partial charge in [0.05, 0.1) is 11.3 Å². The van der Waals surface area contributed by atoms with Crippen molar-refractivity contribution in [3.8, 4) is 17.0 Å². The number of halogens is 2. The number of nitrogens with zero attached hydrogens (tertiary/aromatic N) is 1. The van der Waals surface area contributed by atoms with Crippen molar-refractivity contribution in [1.82, 2.24) is 10.3 Å². The number of nitrogen functional groups attached to an aromatic ring is 1. The van der Waals surface area contributed by atoms with E-state index in [1.54, 1.807) is 24.3 Å². The summed E-state index contributed by atoms with van der Waals surface area (Å²) in [6.45, 7) is 0.611. The van der Waals surface area contributed by atoms with Crippen molar-refractivity contribution < 1.29 is 24.2 Å². The van der Waals surface area contributed by atoms with Crippen LogP contribution in [0, 0.1) is 0 Å². The van der Waals surface area contributed by atoms with Crippen LogP contribution in [0.4, 0.5) is 21.6 Å². The Morgan fingerprint density at radius 1 is 1.19 bits per heavy atom. The lowest BCUT2D eigenvalue weighted by atomic mass is 10.1. The Balaban J connectivity index is 1.89. The topological polar surface area (TPSA) is 138 Å². The zero-order valence-electron chi connectivity index (χ0n) is 16.9. The lowest BCUT2D eigenvalue weighted by Crippen LogP contribution is -2.38. The Labute approximate surface area is 187 Å². The molecule has 1 atom stereocenters. The first-order valence-electron chi connectivity index (χ1n) is 9.44. The summed E-state index contributed by atoms with van der Waals surface area (Å²) in [6, 6.07) is 11.2. The fourth-order valence-electron chi connectivity index (χ4n) is 2.92. The molecule has 0 aliphatic heterocycles. The lowest BCUT2D eigenvalue weighted by Gasteiger charge is -2.14. The SMILES string of the molecule is C[C@@H](NC(=O)c1ccc(-c2cc(Nc3ccc(Cl)cc3CF)ccc2O)nc1N)C(=O)O. The minimum Gasteiger partial charge on any atom is -0.507 e. The van der Waals surface area contributed by atoms with E-state index in [0.29, 0.717) is 27.5 Å². The molecule has 0 saturated heterocycles. The number of alkyl halides is 1. The average Bonchev–Trinajstić information content (AvgIpc) is 2.75. The van der Waals surface area contributed by atoms with Crippen LogP contribution in [0.2, 0.25) is 5.02 Å². The first kappa shape index (κ1) is 22.8. The lowest BCUT2D eigenvalue weighted by molar-refractivity contribution is -0.138. The second-order valence-corrected chi connectivity index (χ2v) is 7.39. The molecule has 3 rings (SSSR count). The van der Waals surface area contributed by atoms with Crippen molar-refractivity contribution in [1.29, 1.82) is 0 Å². The molecule has 32 heavy (non-hydrogen) atoms. The molecule has 3 aromatic rings. The van der Waals surface area contributed by atoms with E-state index in [4.69, 9.17) is 22.4 Å². The Morgan fingerprint density at radius 3 is 2.59 bits per heavy atom. The summed E-state index contributed by atoms with van der Waals surface area (Å²) in [4.78, 5) is 27.3. The summed E-state index contributed by atoms with van der Waals surface area (Å²) in [5.41, 5.74) is 7.95. The fourth-order valence-corrected chi connectivity index (χ4v) is 3.12. The molecule has 1 amide bonds. The van der Waals surface area contributed by atoms with Gasteiger partial charge in [-0.15, -0.1) is 0 Å². The Bertz CT molecular complexity index is 1190. The number of nitrogens with one attached hydrogen (secondary N) is 2. The van der Waals surface area contributed by atoms with E-state index in [0.717, 1.165) is 0 Å². The highest BCUT2D eigenvalue weighted by atomic mass is 35.5. The number of hydrogen-bond donors (Lipinski definition) is 5. The third-order valence-corrected chi connectivity index (χ3v) is 4.89. The summed E-state index contributed by atoms with van der Waals surface area (Å²) in [7, 11) is 0. The summed E-state index contributed by atoms with van der Waals surface area (Å²) in [5.74, 6) is -2.08. The monoisotopic (exact) mass is 458 g/mol. The van der Waals surface area contributed by atoms with Crippen LogP contribution in [0.15, 0.2) is 48.5 Å². The molecule has 1 heterocycles. The van der Waals surface area contributed by atoms with Gasteiger partial charge in [0.25, 0.3) is 5.91 Å². The number of aromatic nitrogens is 1. The molecule has 0 spiro atoms. The summed E-state index contributed by atoms with van der Waals surface area (Å²) in [6.07, 6.45) is 0.